The van der Waals surface area contributed by atoms with E-state index in [1.165, 1.54) is 7.11 Å². The molecule has 0 aliphatic heterocycles. The van der Waals surface area contributed by atoms with Gasteiger partial charge in [0.05, 0.1) is 12.8 Å². The minimum atomic E-state index is -3.72. The summed E-state index contributed by atoms with van der Waals surface area (Å²) in [5, 5.41) is 1.02. The Morgan fingerprint density at radius 2 is 1.91 bits per heavy atom. The van der Waals surface area contributed by atoms with E-state index < -0.39 is 10.0 Å². The molecule has 0 atom stereocenters. The van der Waals surface area contributed by atoms with Crippen LogP contribution in [-0.4, -0.2) is 20.5 Å². The van der Waals surface area contributed by atoms with Gasteiger partial charge in [-0.05, 0) is 48.2 Å². The third-order valence-electron chi connectivity index (χ3n) is 3.42. The lowest BCUT2D eigenvalue weighted by molar-refractivity contribution is 0.402. The molecule has 1 heterocycles. The first kappa shape index (κ1) is 14.5. The molecule has 0 saturated carbocycles. The van der Waals surface area contributed by atoms with Gasteiger partial charge in [0.25, 0.3) is 10.0 Å². The number of aryl methyl sites for hydroxylation is 1. The summed E-state index contributed by atoms with van der Waals surface area (Å²) in [6.07, 6.45) is 1.81. The van der Waals surface area contributed by atoms with Gasteiger partial charge in [-0.2, -0.15) is 0 Å². The number of aromatic nitrogens is 1. The van der Waals surface area contributed by atoms with E-state index >= 15 is 0 Å². The average molecular weight is 316 g/mol. The number of H-pyrrole nitrogens is 1. The molecule has 6 heteroatoms. The highest BCUT2D eigenvalue weighted by molar-refractivity contribution is 7.92. The van der Waals surface area contributed by atoms with Crippen molar-refractivity contribution in [2.45, 2.75) is 11.8 Å². The van der Waals surface area contributed by atoms with Crippen molar-refractivity contribution in [3.05, 3.63) is 54.2 Å². The van der Waals surface area contributed by atoms with Crippen molar-refractivity contribution < 1.29 is 13.2 Å². The topological polar surface area (TPSA) is 71.2 Å². The molecular weight excluding hydrogens is 300 g/mol. The highest BCUT2D eigenvalue weighted by atomic mass is 32.2. The SMILES string of the molecule is COc1ccc(C)cc1S(=O)(=O)Nc1ccc2cc[nH]c2c1. The Kier molecular flexibility index (Phi) is 3.54. The summed E-state index contributed by atoms with van der Waals surface area (Å²) < 4.78 is 33.0. The van der Waals surface area contributed by atoms with Crippen molar-refractivity contribution in [3.8, 4) is 5.75 Å². The maximum atomic E-state index is 12.6. The number of sulfonamides is 1. The van der Waals surface area contributed by atoms with Crippen LogP contribution in [0, 0.1) is 6.92 Å². The fourth-order valence-electron chi connectivity index (χ4n) is 2.32. The average Bonchev–Trinajstić information content (AvgIpc) is 2.94. The highest BCUT2D eigenvalue weighted by Crippen LogP contribution is 2.27. The number of anilines is 1. The molecule has 0 unspecified atom stereocenters. The van der Waals surface area contributed by atoms with Gasteiger partial charge >= 0.3 is 0 Å². The van der Waals surface area contributed by atoms with Crippen LogP contribution < -0.4 is 9.46 Å². The summed E-state index contributed by atoms with van der Waals surface area (Å²) in [5.74, 6) is 0.319. The number of benzene rings is 2. The van der Waals surface area contributed by atoms with Gasteiger partial charge in [-0.1, -0.05) is 12.1 Å². The monoisotopic (exact) mass is 316 g/mol. The molecular formula is C16H16N2O3S. The summed E-state index contributed by atoms with van der Waals surface area (Å²) >= 11 is 0. The molecule has 3 aromatic rings. The predicted molar refractivity (Wildman–Crippen MR) is 86.8 cm³/mol. The van der Waals surface area contributed by atoms with Crippen LogP contribution in [0.4, 0.5) is 5.69 Å². The lowest BCUT2D eigenvalue weighted by Gasteiger charge is -2.12. The van der Waals surface area contributed by atoms with E-state index in [4.69, 9.17) is 4.74 Å². The van der Waals surface area contributed by atoms with Crippen molar-refractivity contribution in [2.75, 3.05) is 11.8 Å². The normalized spacial score (nSPS) is 11.5. The molecule has 0 saturated heterocycles. The van der Waals surface area contributed by atoms with Gasteiger partial charge in [0, 0.05) is 11.7 Å². The van der Waals surface area contributed by atoms with Crippen molar-refractivity contribution in [3.63, 3.8) is 0 Å². The predicted octanol–water partition coefficient (Wildman–Crippen LogP) is 3.29. The fourth-order valence-corrected chi connectivity index (χ4v) is 3.62. The molecule has 0 fully saturated rings. The van der Waals surface area contributed by atoms with E-state index in [0.717, 1.165) is 16.5 Å². The summed E-state index contributed by atoms with van der Waals surface area (Å²) in [7, 11) is -2.27. The van der Waals surface area contributed by atoms with E-state index in [1.807, 2.05) is 31.3 Å². The molecule has 3 rings (SSSR count). The Morgan fingerprint density at radius 3 is 2.68 bits per heavy atom. The number of rotatable bonds is 4. The molecule has 2 N–H and O–H groups in total. The van der Waals surface area contributed by atoms with Gasteiger partial charge in [0.2, 0.25) is 0 Å². The lowest BCUT2D eigenvalue weighted by atomic mass is 10.2. The van der Waals surface area contributed by atoms with E-state index in [0.29, 0.717) is 11.4 Å². The number of hydrogen-bond donors (Lipinski definition) is 2. The second-order valence-electron chi connectivity index (χ2n) is 5.04. The zero-order chi connectivity index (χ0) is 15.7. The van der Waals surface area contributed by atoms with Crippen LogP contribution in [0.15, 0.2) is 53.6 Å². The van der Waals surface area contributed by atoms with Crippen LogP contribution in [0.5, 0.6) is 5.75 Å². The molecule has 1 aromatic heterocycles. The van der Waals surface area contributed by atoms with Crippen LogP contribution in [-0.2, 0) is 10.0 Å². The Hall–Kier alpha value is -2.47. The number of nitrogens with one attached hydrogen (secondary N) is 2. The number of ether oxygens (including phenoxy) is 1. The van der Waals surface area contributed by atoms with Gasteiger partial charge in [-0.25, -0.2) is 8.42 Å². The van der Waals surface area contributed by atoms with Crippen LogP contribution in [0.1, 0.15) is 5.56 Å². The van der Waals surface area contributed by atoms with Gasteiger partial charge in [-0.3, -0.25) is 4.72 Å². The third-order valence-corrected chi connectivity index (χ3v) is 4.82. The Labute approximate surface area is 129 Å². The summed E-state index contributed by atoms with van der Waals surface area (Å²) in [5.41, 5.74) is 2.22. The minimum absolute atomic E-state index is 0.126. The van der Waals surface area contributed by atoms with Crippen molar-refractivity contribution in [2.24, 2.45) is 0 Å². The standard InChI is InChI=1S/C16H16N2O3S/c1-11-3-6-15(21-2)16(9-11)22(19,20)18-13-5-4-12-7-8-17-14(12)10-13/h3-10,17-18H,1-2H3. The molecule has 5 nitrogen and oxygen atoms in total. The number of aromatic amines is 1. The second kappa shape index (κ2) is 5.38. The quantitative estimate of drug-likeness (QED) is 0.776. The van der Waals surface area contributed by atoms with E-state index in [2.05, 4.69) is 9.71 Å². The van der Waals surface area contributed by atoms with E-state index in [1.54, 1.807) is 24.3 Å². The summed E-state index contributed by atoms with van der Waals surface area (Å²) in [6, 6.07) is 12.3. The Morgan fingerprint density at radius 1 is 1.09 bits per heavy atom. The van der Waals surface area contributed by atoms with Crippen LogP contribution >= 0.6 is 0 Å². The second-order valence-corrected chi connectivity index (χ2v) is 6.69. The zero-order valence-electron chi connectivity index (χ0n) is 12.3. The van der Waals surface area contributed by atoms with Gasteiger partial charge < -0.3 is 9.72 Å². The molecule has 0 amide bonds. The number of methoxy groups -OCH3 is 1. The van der Waals surface area contributed by atoms with Gasteiger partial charge in [-0.15, -0.1) is 0 Å². The summed E-state index contributed by atoms with van der Waals surface area (Å²) in [4.78, 5) is 3.18. The summed E-state index contributed by atoms with van der Waals surface area (Å²) in [6.45, 7) is 1.84. The fraction of sp³-hybridized carbons (Fsp3) is 0.125. The maximum Gasteiger partial charge on any atom is 0.265 e. The Balaban J connectivity index is 2.01. The molecule has 22 heavy (non-hydrogen) atoms. The Bertz CT molecular complexity index is 929. The molecule has 0 bridgehead atoms. The number of fused-ring (bicyclic) bond motifs is 1. The molecule has 0 aliphatic carbocycles. The largest absolute Gasteiger partial charge is 0.495 e. The van der Waals surface area contributed by atoms with Gasteiger partial charge in [0.1, 0.15) is 10.6 Å². The van der Waals surface area contributed by atoms with Gasteiger partial charge in [0.15, 0.2) is 0 Å². The van der Waals surface area contributed by atoms with E-state index in [-0.39, 0.29) is 4.90 Å². The third kappa shape index (κ3) is 2.65. The smallest absolute Gasteiger partial charge is 0.265 e. The molecule has 0 radical (unpaired) electrons. The molecule has 0 aliphatic rings. The van der Waals surface area contributed by atoms with Crippen LogP contribution in [0.25, 0.3) is 10.9 Å². The number of hydrogen-bond acceptors (Lipinski definition) is 3. The van der Waals surface area contributed by atoms with Crippen molar-refractivity contribution in [1.29, 1.82) is 0 Å². The molecule has 2 aromatic carbocycles. The van der Waals surface area contributed by atoms with Crippen LogP contribution in [0.2, 0.25) is 0 Å². The molecule has 0 spiro atoms. The zero-order valence-corrected chi connectivity index (χ0v) is 13.1. The molecule has 114 valence electrons. The van der Waals surface area contributed by atoms with E-state index in [9.17, 15) is 8.42 Å². The first-order valence-corrected chi connectivity index (χ1v) is 8.22. The lowest BCUT2D eigenvalue weighted by Crippen LogP contribution is -2.14. The first-order valence-electron chi connectivity index (χ1n) is 6.74. The minimum Gasteiger partial charge on any atom is -0.495 e. The van der Waals surface area contributed by atoms with Crippen molar-refractivity contribution in [1.82, 2.24) is 4.98 Å². The van der Waals surface area contributed by atoms with Crippen LogP contribution in [0.3, 0.4) is 0 Å². The van der Waals surface area contributed by atoms with Crippen molar-refractivity contribution >= 4 is 26.6 Å². The maximum absolute atomic E-state index is 12.6. The highest BCUT2D eigenvalue weighted by Gasteiger charge is 2.20. The first-order chi connectivity index (χ1) is 10.5.